The number of hydrogen-bond acceptors (Lipinski definition) is 3. The summed E-state index contributed by atoms with van der Waals surface area (Å²) in [5, 5.41) is 10.8. The second kappa shape index (κ2) is 3.72. The molecule has 5 aliphatic rings. The fourth-order valence-corrected chi connectivity index (χ4v) is 5.42. The number of nitrogens with zero attached hydrogens (tertiary/aromatic N) is 1. The van der Waals surface area contributed by atoms with E-state index in [-0.39, 0.29) is 17.9 Å². The van der Waals surface area contributed by atoms with E-state index in [1.165, 1.54) is 19.3 Å². The van der Waals surface area contributed by atoms with Crippen molar-refractivity contribution in [3.8, 4) is 0 Å². The molecule has 1 amide bonds. The maximum Gasteiger partial charge on any atom is 0.323 e. The van der Waals surface area contributed by atoms with Crippen LogP contribution in [0.25, 0.3) is 0 Å². The molecule has 5 fully saturated rings. The second-order valence-corrected chi connectivity index (χ2v) is 7.10. The molecule has 104 valence electrons. The summed E-state index contributed by atoms with van der Waals surface area (Å²) in [7, 11) is 0. The third-order valence-corrected chi connectivity index (χ3v) is 5.69. The number of carbonyl (C=O) groups excluding carboxylic acids is 1. The zero-order chi connectivity index (χ0) is 13.2. The fourth-order valence-electron chi connectivity index (χ4n) is 5.42. The minimum Gasteiger partial charge on any atom is -0.480 e. The van der Waals surface area contributed by atoms with Crippen LogP contribution < -0.4 is 5.43 Å². The van der Waals surface area contributed by atoms with Crippen molar-refractivity contribution in [1.29, 1.82) is 0 Å². The molecule has 4 aliphatic carbocycles. The number of carbonyl (C=O) groups is 2. The van der Waals surface area contributed by atoms with Gasteiger partial charge in [-0.25, -0.2) is 5.43 Å². The Morgan fingerprint density at radius 2 is 1.68 bits per heavy atom. The van der Waals surface area contributed by atoms with E-state index >= 15 is 0 Å². The van der Waals surface area contributed by atoms with Gasteiger partial charge in [0.1, 0.15) is 6.04 Å². The van der Waals surface area contributed by atoms with Crippen molar-refractivity contribution in [2.24, 2.45) is 17.8 Å². The molecular weight excluding hydrogens is 244 g/mol. The van der Waals surface area contributed by atoms with E-state index in [2.05, 4.69) is 5.43 Å². The zero-order valence-electron chi connectivity index (χ0n) is 11.0. The average Bonchev–Trinajstić information content (AvgIpc) is 2.70. The van der Waals surface area contributed by atoms with Crippen molar-refractivity contribution >= 4 is 11.9 Å². The quantitative estimate of drug-likeness (QED) is 0.785. The van der Waals surface area contributed by atoms with Gasteiger partial charge in [-0.2, -0.15) is 0 Å². The first-order valence-electron chi connectivity index (χ1n) is 7.38. The minimum atomic E-state index is -0.916. The van der Waals surface area contributed by atoms with Crippen LogP contribution in [-0.4, -0.2) is 33.6 Å². The highest BCUT2D eigenvalue weighted by Gasteiger charge is 2.57. The highest BCUT2D eigenvalue weighted by atomic mass is 16.4. The van der Waals surface area contributed by atoms with Gasteiger partial charge in [-0.15, -0.1) is 0 Å². The number of carboxylic acid groups (broad SMARTS) is 1. The van der Waals surface area contributed by atoms with Gasteiger partial charge in [0.05, 0.1) is 12.0 Å². The van der Waals surface area contributed by atoms with Crippen LogP contribution in [0.4, 0.5) is 0 Å². The van der Waals surface area contributed by atoms with Gasteiger partial charge >= 0.3 is 5.97 Å². The summed E-state index contributed by atoms with van der Waals surface area (Å²) in [6, 6.07) is -0.722. The topological polar surface area (TPSA) is 69.6 Å². The van der Waals surface area contributed by atoms with Gasteiger partial charge in [0, 0.05) is 0 Å². The largest absolute Gasteiger partial charge is 0.480 e. The van der Waals surface area contributed by atoms with Gasteiger partial charge in [-0.1, -0.05) is 0 Å². The molecule has 0 aromatic carbocycles. The lowest BCUT2D eigenvalue weighted by Gasteiger charge is -2.59. The SMILES string of the molecule is O=C(O)C1CC(=O)N(C23CC4CC(CC(C4)C2)C3)N1. The van der Waals surface area contributed by atoms with E-state index in [0.717, 1.165) is 37.0 Å². The molecule has 4 bridgehead atoms. The number of hydrogen-bond donors (Lipinski definition) is 2. The molecule has 5 nitrogen and oxygen atoms in total. The van der Waals surface area contributed by atoms with Gasteiger partial charge in [-0.3, -0.25) is 14.6 Å². The number of carboxylic acids is 1. The van der Waals surface area contributed by atoms with Gasteiger partial charge in [-0.05, 0) is 56.3 Å². The normalized spacial score (nSPS) is 48.0. The molecular formula is C14H20N2O3. The number of rotatable bonds is 2. The Balaban J connectivity index is 1.62. The molecule has 0 radical (unpaired) electrons. The Morgan fingerprint density at radius 3 is 2.11 bits per heavy atom. The monoisotopic (exact) mass is 264 g/mol. The van der Waals surface area contributed by atoms with Crippen molar-refractivity contribution in [1.82, 2.24) is 10.4 Å². The number of hydrazine groups is 1. The Kier molecular flexibility index (Phi) is 2.29. The zero-order valence-corrected chi connectivity index (χ0v) is 11.0. The van der Waals surface area contributed by atoms with Crippen LogP contribution in [0.1, 0.15) is 44.9 Å². The van der Waals surface area contributed by atoms with Crippen LogP contribution in [0.3, 0.4) is 0 Å². The Hall–Kier alpha value is -1.10. The summed E-state index contributed by atoms with van der Waals surface area (Å²) >= 11 is 0. The molecule has 1 atom stereocenters. The van der Waals surface area contributed by atoms with Crippen LogP contribution in [-0.2, 0) is 9.59 Å². The summed E-state index contributed by atoms with van der Waals surface area (Å²) in [5.74, 6) is 1.33. The lowest BCUT2D eigenvalue weighted by Crippen LogP contribution is -2.63. The molecule has 1 aliphatic heterocycles. The molecule has 4 saturated carbocycles. The highest BCUT2D eigenvalue weighted by molar-refractivity contribution is 5.87. The van der Waals surface area contributed by atoms with Crippen molar-refractivity contribution in [3.63, 3.8) is 0 Å². The molecule has 1 saturated heterocycles. The Bertz CT molecular complexity index is 413. The summed E-state index contributed by atoms with van der Waals surface area (Å²) < 4.78 is 0. The van der Waals surface area contributed by atoms with Gasteiger partial charge in [0.15, 0.2) is 0 Å². The average molecular weight is 264 g/mol. The van der Waals surface area contributed by atoms with E-state index in [1.807, 2.05) is 0 Å². The summed E-state index contributed by atoms with van der Waals surface area (Å²) in [4.78, 5) is 23.3. The van der Waals surface area contributed by atoms with Crippen LogP contribution in [0.5, 0.6) is 0 Å². The van der Waals surface area contributed by atoms with Crippen LogP contribution in [0.2, 0.25) is 0 Å². The second-order valence-electron chi connectivity index (χ2n) is 7.10. The molecule has 5 rings (SSSR count). The van der Waals surface area contributed by atoms with Crippen molar-refractivity contribution < 1.29 is 14.7 Å². The predicted molar refractivity (Wildman–Crippen MR) is 66.9 cm³/mol. The lowest BCUT2D eigenvalue weighted by atomic mass is 9.53. The van der Waals surface area contributed by atoms with Gasteiger partial charge in [0.25, 0.3) is 0 Å². The first-order valence-corrected chi connectivity index (χ1v) is 7.38. The molecule has 0 spiro atoms. The van der Waals surface area contributed by atoms with E-state index in [0.29, 0.717) is 0 Å². The molecule has 0 aromatic rings. The molecule has 19 heavy (non-hydrogen) atoms. The smallest absolute Gasteiger partial charge is 0.323 e. The number of amides is 1. The van der Waals surface area contributed by atoms with Gasteiger partial charge < -0.3 is 5.11 Å². The summed E-state index contributed by atoms with van der Waals surface area (Å²) in [6.45, 7) is 0. The van der Waals surface area contributed by atoms with Crippen LogP contribution in [0.15, 0.2) is 0 Å². The Labute approximate surface area is 112 Å². The lowest BCUT2D eigenvalue weighted by molar-refractivity contribution is -0.152. The van der Waals surface area contributed by atoms with Crippen molar-refractivity contribution in [2.45, 2.75) is 56.5 Å². The first-order chi connectivity index (χ1) is 9.06. The van der Waals surface area contributed by atoms with Gasteiger partial charge in [0.2, 0.25) is 5.91 Å². The maximum absolute atomic E-state index is 12.2. The number of nitrogens with one attached hydrogen (secondary N) is 1. The van der Waals surface area contributed by atoms with E-state index < -0.39 is 12.0 Å². The highest BCUT2D eigenvalue weighted by Crippen LogP contribution is 2.57. The number of aliphatic carboxylic acids is 1. The fraction of sp³-hybridized carbons (Fsp3) is 0.857. The Morgan fingerprint density at radius 1 is 1.16 bits per heavy atom. The van der Waals surface area contributed by atoms with E-state index in [1.54, 1.807) is 5.01 Å². The predicted octanol–water partition coefficient (Wildman–Crippen LogP) is 1.15. The summed E-state index contributed by atoms with van der Waals surface area (Å²) in [6.07, 6.45) is 7.30. The molecule has 2 N–H and O–H groups in total. The molecule has 1 unspecified atom stereocenters. The third-order valence-electron chi connectivity index (χ3n) is 5.69. The first kappa shape index (κ1) is 11.7. The minimum absolute atomic E-state index is 0.0191. The standard InChI is InChI=1S/C14H20N2O3/c17-12-4-11(13(18)19)15-16(12)14-5-8-1-9(6-14)3-10(2-8)7-14/h8-11,15H,1-7H2,(H,18,19). The summed E-state index contributed by atoms with van der Waals surface area (Å²) in [5.41, 5.74) is 2.91. The molecule has 0 aromatic heterocycles. The maximum atomic E-state index is 12.2. The van der Waals surface area contributed by atoms with Crippen LogP contribution in [0, 0.1) is 17.8 Å². The van der Waals surface area contributed by atoms with Crippen molar-refractivity contribution in [3.05, 3.63) is 0 Å². The van der Waals surface area contributed by atoms with E-state index in [9.17, 15) is 9.59 Å². The third kappa shape index (κ3) is 1.64. The van der Waals surface area contributed by atoms with E-state index in [4.69, 9.17) is 5.11 Å². The molecule has 1 heterocycles. The molecule has 5 heteroatoms. The van der Waals surface area contributed by atoms with Crippen LogP contribution >= 0.6 is 0 Å². The van der Waals surface area contributed by atoms with Crippen molar-refractivity contribution in [2.75, 3.05) is 0 Å².